The third-order valence-corrected chi connectivity index (χ3v) is 8.59. The minimum Gasteiger partial charge on any atom is -0.466 e. The first kappa shape index (κ1) is 27.3. The molecular weight excluding hydrogens is 472 g/mol. The van der Waals surface area contributed by atoms with E-state index in [1.807, 2.05) is 52.8 Å². The van der Waals surface area contributed by atoms with Gasteiger partial charge in [-0.1, -0.05) is 38.1 Å². The summed E-state index contributed by atoms with van der Waals surface area (Å²) in [4.78, 5) is 45.3. The van der Waals surface area contributed by atoms with Crippen LogP contribution in [0.3, 0.4) is 0 Å². The summed E-state index contributed by atoms with van der Waals surface area (Å²) in [5.74, 6) is -2.88. The van der Waals surface area contributed by atoms with E-state index in [4.69, 9.17) is 9.47 Å². The normalized spacial score (nSPS) is 31.0. The third-order valence-electron chi connectivity index (χ3n) is 8.59. The number of rotatable bonds is 9. The molecule has 3 aliphatic heterocycles. The fourth-order valence-corrected chi connectivity index (χ4v) is 7.01. The quantitative estimate of drug-likeness (QED) is 0.403. The number of amides is 2. The van der Waals surface area contributed by atoms with Crippen molar-refractivity contribution < 1.29 is 29.0 Å². The van der Waals surface area contributed by atoms with Gasteiger partial charge in [-0.25, -0.2) is 0 Å². The Kier molecular flexibility index (Phi) is 7.29. The van der Waals surface area contributed by atoms with E-state index < -0.39 is 41.1 Å². The summed E-state index contributed by atoms with van der Waals surface area (Å²) in [7, 11) is 0. The summed E-state index contributed by atoms with van der Waals surface area (Å²) in [5.41, 5.74) is 0.543. The molecule has 0 aromatic heterocycles. The lowest BCUT2D eigenvalue weighted by atomic mass is 9.66. The van der Waals surface area contributed by atoms with Gasteiger partial charge in [0, 0.05) is 12.2 Å². The van der Waals surface area contributed by atoms with Gasteiger partial charge in [0.15, 0.2) is 0 Å². The van der Waals surface area contributed by atoms with Gasteiger partial charge in [0.2, 0.25) is 5.91 Å². The maximum absolute atomic E-state index is 14.7. The van der Waals surface area contributed by atoms with E-state index >= 15 is 0 Å². The summed E-state index contributed by atoms with van der Waals surface area (Å²) in [6.07, 6.45) is 2.67. The van der Waals surface area contributed by atoms with Crippen LogP contribution < -0.4 is 4.90 Å². The number of nitrogens with zero attached hydrogens (tertiary/aromatic N) is 2. The number of hydrogen-bond acceptors (Lipinski definition) is 6. The lowest BCUT2D eigenvalue weighted by Gasteiger charge is -2.41. The number of likely N-dealkylation sites (tertiary alicyclic amines) is 1. The highest BCUT2D eigenvalue weighted by molar-refractivity contribution is 6.05. The maximum Gasteiger partial charge on any atom is 0.312 e. The number of carbonyl (C=O) groups excluding carboxylic acids is 3. The minimum atomic E-state index is -1.18. The molecule has 3 aliphatic rings. The molecule has 37 heavy (non-hydrogen) atoms. The average Bonchev–Trinajstić information content (AvgIpc) is 3.39. The van der Waals surface area contributed by atoms with Crippen LogP contribution in [0.25, 0.3) is 0 Å². The molecule has 1 aromatic carbocycles. The Labute approximate surface area is 219 Å². The number of carbonyl (C=O) groups is 3. The molecule has 1 N–H and O–H groups in total. The number of aliphatic hydroxyl groups excluding tert-OH is 1. The summed E-state index contributed by atoms with van der Waals surface area (Å²) < 4.78 is 12.1. The molecule has 6 atom stereocenters. The number of ether oxygens (including phenoxy) is 2. The highest BCUT2D eigenvalue weighted by atomic mass is 16.6. The zero-order valence-electron chi connectivity index (χ0n) is 22.8. The molecule has 0 saturated carbocycles. The van der Waals surface area contributed by atoms with E-state index in [2.05, 4.69) is 6.58 Å². The van der Waals surface area contributed by atoms with Gasteiger partial charge >= 0.3 is 5.97 Å². The standard InChI is InChI=1S/C29H40N2O6/c1-8-15-30(23-18(5)11-10-12-19(23)6)26(34)24-29-14-13-28(7,37-29)22(27(35)36-9-2)21(29)25(33)31(24)20(16-32)17(3)4/h8,10-12,17,20-22,24,32H,1,9,13-16H2,2-7H3/t20-,21-,22+,24?,28-,29?/m0/s1. The second-order valence-corrected chi connectivity index (χ2v) is 11.2. The molecule has 3 fully saturated rings. The Hall–Kier alpha value is -2.71. The summed E-state index contributed by atoms with van der Waals surface area (Å²) in [5, 5.41) is 10.4. The lowest BCUT2D eigenvalue weighted by molar-refractivity contribution is -0.160. The third kappa shape index (κ3) is 4.00. The largest absolute Gasteiger partial charge is 0.466 e. The molecule has 8 nitrogen and oxygen atoms in total. The second-order valence-electron chi connectivity index (χ2n) is 11.2. The van der Waals surface area contributed by atoms with Gasteiger partial charge in [-0.3, -0.25) is 14.4 Å². The van der Waals surface area contributed by atoms with Crippen LogP contribution in [0.5, 0.6) is 0 Å². The van der Waals surface area contributed by atoms with Gasteiger partial charge in [-0.05, 0) is 57.6 Å². The van der Waals surface area contributed by atoms with Gasteiger partial charge in [-0.15, -0.1) is 6.58 Å². The number of benzene rings is 1. The zero-order chi connectivity index (χ0) is 27.3. The van der Waals surface area contributed by atoms with Crippen molar-refractivity contribution in [1.82, 2.24) is 4.90 Å². The second kappa shape index (κ2) is 9.87. The van der Waals surface area contributed by atoms with Crippen LogP contribution >= 0.6 is 0 Å². The summed E-state index contributed by atoms with van der Waals surface area (Å²) in [6.45, 7) is 15.3. The number of hydrogen-bond donors (Lipinski definition) is 1. The van der Waals surface area contributed by atoms with Crippen LogP contribution in [-0.2, 0) is 23.9 Å². The van der Waals surface area contributed by atoms with Gasteiger partial charge in [-0.2, -0.15) is 0 Å². The van der Waals surface area contributed by atoms with E-state index in [-0.39, 0.29) is 37.5 Å². The predicted octanol–water partition coefficient (Wildman–Crippen LogP) is 3.17. The van der Waals surface area contributed by atoms with Crippen molar-refractivity contribution in [3.8, 4) is 0 Å². The van der Waals surface area contributed by atoms with Crippen LogP contribution in [0.15, 0.2) is 30.9 Å². The Bertz CT molecular complexity index is 1080. The summed E-state index contributed by atoms with van der Waals surface area (Å²) >= 11 is 0. The first-order valence-corrected chi connectivity index (χ1v) is 13.3. The monoisotopic (exact) mass is 512 g/mol. The van der Waals surface area contributed by atoms with Crippen molar-refractivity contribution in [2.75, 3.05) is 24.7 Å². The van der Waals surface area contributed by atoms with Crippen LogP contribution in [0.4, 0.5) is 5.69 Å². The molecule has 1 aromatic rings. The number of aryl methyl sites for hydroxylation is 2. The van der Waals surface area contributed by atoms with Crippen molar-refractivity contribution in [2.24, 2.45) is 17.8 Å². The Morgan fingerprint density at radius 1 is 1.30 bits per heavy atom. The van der Waals surface area contributed by atoms with E-state index in [9.17, 15) is 19.5 Å². The molecule has 2 amide bonds. The number of anilines is 1. The molecule has 4 rings (SSSR count). The van der Waals surface area contributed by atoms with E-state index in [1.165, 1.54) is 4.90 Å². The lowest BCUT2D eigenvalue weighted by Crippen LogP contribution is -2.60. The predicted molar refractivity (Wildman–Crippen MR) is 140 cm³/mol. The molecule has 8 heteroatoms. The number of esters is 1. The molecule has 1 spiro atoms. The van der Waals surface area contributed by atoms with E-state index in [0.29, 0.717) is 12.8 Å². The van der Waals surface area contributed by atoms with Crippen molar-refractivity contribution in [3.63, 3.8) is 0 Å². The van der Waals surface area contributed by atoms with Gasteiger partial charge in [0.05, 0.1) is 30.8 Å². The van der Waals surface area contributed by atoms with Gasteiger partial charge in [0.1, 0.15) is 17.6 Å². The fourth-order valence-electron chi connectivity index (χ4n) is 7.01. The Balaban J connectivity index is 1.90. The highest BCUT2D eigenvalue weighted by Gasteiger charge is 2.79. The van der Waals surface area contributed by atoms with Crippen molar-refractivity contribution in [1.29, 1.82) is 0 Å². The summed E-state index contributed by atoms with van der Waals surface area (Å²) in [6, 6.07) is 4.24. The molecule has 0 aliphatic carbocycles. The molecule has 2 bridgehead atoms. The molecule has 3 saturated heterocycles. The molecule has 3 heterocycles. The Morgan fingerprint density at radius 3 is 2.49 bits per heavy atom. The first-order valence-electron chi connectivity index (χ1n) is 13.3. The topological polar surface area (TPSA) is 96.4 Å². The maximum atomic E-state index is 14.7. The smallest absolute Gasteiger partial charge is 0.312 e. The van der Waals surface area contributed by atoms with Crippen LogP contribution in [0.2, 0.25) is 0 Å². The molecule has 202 valence electrons. The van der Waals surface area contributed by atoms with Crippen LogP contribution in [0.1, 0.15) is 51.7 Å². The van der Waals surface area contributed by atoms with Crippen LogP contribution in [0, 0.1) is 31.6 Å². The van der Waals surface area contributed by atoms with E-state index in [1.54, 1.807) is 17.9 Å². The van der Waals surface area contributed by atoms with Gasteiger partial charge < -0.3 is 24.4 Å². The van der Waals surface area contributed by atoms with Crippen molar-refractivity contribution in [2.45, 2.75) is 77.7 Å². The average molecular weight is 513 g/mol. The highest BCUT2D eigenvalue weighted by Crippen LogP contribution is 2.64. The zero-order valence-corrected chi connectivity index (χ0v) is 22.8. The Morgan fingerprint density at radius 2 is 1.95 bits per heavy atom. The first-order chi connectivity index (χ1) is 17.5. The number of para-hydroxylation sites is 1. The number of aliphatic hydroxyl groups is 1. The fraction of sp³-hybridized carbons (Fsp3) is 0.621. The van der Waals surface area contributed by atoms with Gasteiger partial charge in [0.25, 0.3) is 5.91 Å². The SMILES string of the molecule is C=CCN(C(=O)C1N([C@@H](CO)C(C)C)C(=O)[C@@H]2[C@H](C(=O)OCC)[C@]3(C)CCC12O3)c1c(C)cccc1C. The minimum absolute atomic E-state index is 0.124. The van der Waals surface area contributed by atoms with E-state index in [0.717, 1.165) is 16.8 Å². The van der Waals surface area contributed by atoms with Crippen LogP contribution in [-0.4, -0.2) is 70.8 Å². The van der Waals surface area contributed by atoms with Crippen molar-refractivity contribution >= 4 is 23.5 Å². The molecule has 0 radical (unpaired) electrons. The molecular formula is C29H40N2O6. The number of fused-ring (bicyclic) bond motifs is 1. The van der Waals surface area contributed by atoms with Crippen molar-refractivity contribution in [3.05, 3.63) is 42.0 Å². The molecule has 2 unspecified atom stereocenters.